The first-order chi connectivity index (χ1) is 15.5. The maximum absolute atomic E-state index is 14.0. The van der Waals surface area contributed by atoms with Crippen LogP contribution in [0.2, 0.25) is 0 Å². The van der Waals surface area contributed by atoms with Gasteiger partial charge in [-0.2, -0.15) is 0 Å². The molecule has 1 aliphatic carbocycles. The molecule has 0 fully saturated rings. The first-order valence-corrected chi connectivity index (χ1v) is 13.1. The quantitative estimate of drug-likeness (QED) is 0.295. The summed E-state index contributed by atoms with van der Waals surface area (Å²) in [5.74, 6) is -0.264. The van der Waals surface area contributed by atoms with Crippen molar-refractivity contribution in [2.75, 3.05) is 0 Å². The van der Waals surface area contributed by atoms with Crippen molar-refractivity contribution in [1.82, 2.24) is 0 Å². The van der Waals surface area contributed by atoms with Crippen molar-refractivity contribution in [3.8, 4) is 0 Å². The van der Waals surface area contributed by atoms with Crippen LogP contribution in [0.4, 0.5) is 0 Å². The number of fused-ring (bicyclic) bond motifs is 3. The lowest BCUT2D eigenvalue weighted by molar-refractivity contribution is 0.565. The highest BCUT2D eigenvalue weighted by atomic mass is 79.9. The van der Waals surface area contributed by atoms with Crippen LogP contribution >= 0.6 is 15.9 Å². The minimum Gasteiger partial charge on any atom is -0.223 e. The standard InChI is InChI=1S/C28H23BrO2S/c1-19-11-14-23(15-12-19)32(30,31)26-17-22(18-29)25-16-13-20-7-5-6-10-24(20)28(25)27(26)21-8-3-2-4-9-21/h2-16,18,26-27H,17H2,1H3/b22-18+/t26-,27+/m1/s1. The van der Waals surface area contributed by atoms with E-state index in [1.165, 1.54) is 0 Å². The van der Waals surface area contributed by atoms with E-state index >= 15 is 0 Å². The van der Waals surface area contributed by atoms with Gasteiger partial charge in [0.25, 0.3) is 0 Å². The van der Waals surface area contributed by atoms with Crippen molar-refractivity contribution >= 4 is 42.1 Å². The SMILES string of the molecule is Cc1ccc(S(=O)(=O)[C@@H]2C/C(=C\Br)c3ccc4ccccc4c3[C@H]2c2ccccc2)cc1. The third-order valence-electron chi connectivity index (χ3n) is 6.46. The van der Waals surface area contributed by atoms with Crippen molar-refractivity contribution in [2.24, 2.45) is 0 Å². The van der Waals surface area contributed by atoms with Crippen LogP contribution in [0.5, 0.6) is 0 Å². The minimum absolute atomic E-state index is 0.264. The number of hydrogen-bond acceptors (Lipinski definition) is 2. The van der Waals surface area contributed by atoms with Gasteiger partial charge in [0, 0.05) is 5.92 Å². The van der Waals surface area contributed by atoms with Crippen molar-refractivity contribution < 1.29 is 8.42 Å². The second-order valence-electron chi connectivity index (χ2n) is 8.37. The van der Waals surface area contributed by atoms with E-state index in [-0.39, 0.29) is 5.92 Å². The van der Waals surface area contributed by atoms with Gasteiger partial charge < -0.3 is 0 Å². The van der Waals surface area contributed by atoms with Gasteiger partial charge >= 0.3 is 0 Å². The zero-order chi connectivity index (χ0) is 22.3. The summed E-state index contributed by atoms with van der Waals surface area (Å²) in [4.78, 5) is 2.27. The highest BCUT2D eigenvalue weighted by molar-refractivity contribution is 9.11. The molecule has 0 radical (unpaired) electrons. The lowest BCUT2D eigenvalue weighted by atomic mass is 9.74. The lowest BCUT2D eigenvalue weighted by Crippen LogP contribution is -2.33. The molecule has 5 rings (SSSR count). The van der Waals surface area contributed by atoms with Crippen LogP contribution in [-0.2, 0) is 9.84 Å². The maximum atomic E-state index is 14.0. The predicted molar refractivity (Wildman–Crippen MR) is 136 cm³/mol. The van der Waals surface area contributed by atoms with E-state index in [0.717, 1.165) is 38.6 Å². The zero-order valence-electron chi connectivity index (χ0n) is 17.7. The molecule has 0 heterocycles. The van der Waals surface area contributed by atoms with Crippen LogP contribution in [0.25, 0.3) is 16.3 Å². The van der Waals surface area contributed by atoms with Crippen LogP contribution in [-0.4, -0.2) is 13.7 Å². The molecule has 0 saturated heterocycles. The average molecular weight is 503 g/mol. The monoisotopic (exact) mass is 502 g/mol. The van der Waals surface area contributed by atoms with Gasteiger partial charge in [-0.05, 0) is 63.5 Å². The third-order valence-corrected chi connectivity index (χ3v) is 9.18. The number of hydrogen-bond donors (Lipinski definition) is 0. The number of rotatable bonds is 3. The Hall–Kier alpha value is -2.69. The van der Waals surface area contributed by atoms with Crippen LogP contribution in [0.15, 0.2) is 101 Å². The van der Waals surface area contributed by atoms with Crippen molar-refractivity contribution in [2.45, 2.75) is 29.4 Å². The normalized spacial score (nSPS) is 19.8. The van der Waals surface area contributed by atoms with E-state index in [4.69, 9.17) is 0 Å². The summed E-state index contributed by atoms with van der Waals surface area (Å²) in [7, 11) is -3.59. The molecule has 0 aliphatic heterocycles. The summed E-state index contributed by atoms with van der Waals surface area (Å²) < 4.78 is 28.1. The van der Waals surface area contributed by atoms with E-state index in [9.17, 15) is 8.42 Å². The van der Waals surface area contributed by atoms with E-state index in [1.807, 2.05) is 54.4 Å². The average Bonchev–Trinajstić information content (AvgIpc) is 2.83. The predicted octanol–water partition coefficient (Wildman–Crippen LogP) is 7.26. The van der Waals surface area contributed by atoms with Crippen molar-refractivity contribution in [3.63, 3.8) is 0 Å². The smallest absolute Gasteiger partial charge is 0.182 e. The largest absolute Gasteiger partial charge is 0.223 e. The van der Waals surface area contributed by atoms with Crippen LogP contribution < -0.4 is 0 Å². The van der Waals surface area contributed by atoms with Crippen molar-refractivity contribution in [1.29, 1.82) is 0 Å². The first-order valence-electron chi connectivity index (χ1n) is 10.7. The molecular formula is C28H23BrO2S. The van der Waals surface area contributed by atoms with E-state index < -0.39 is 15.1 Å². The van der Waals surface area contributed by atoms with Gasteiger partial charge in [0.2, 0.25) is 0 Å². The summed E-state index contributed by atoms with van der Waals surface area (Å²) in [6.07, 6.45) is 0.451. The number of allylic oxidation sites excluding steroid dienone is 1. The Morgan fingerprint density at radius 2 is 1.53 bits per heavy atom. The molecule has 4 aromatic carbocycles. The number of halogens is 1. The molecule has 0 aromatic heterocycles. The summed E-state index contributed by atoms with van der Waals surface area (Å²) in [5.41, 5.74) is 5.29. The van der Waals surface area contributed by atoms with Crippen LogP contribution in [0, 0.1) is 6.92 Å². The van der Waals surface area contributed by atoms with Gasteiger partial charge in [0.05, 0.1) is 10.1 Å². The third kappa shape index (κ3) is 3.52. The highest BCUT2D eigenvalue weighted by Crippen LogP contribution is 2.49. The van der Waals surface area contributed by atoms with Gasteiger partial charge in [-0.1, -0.05) is 100 Å². The second kappa shape index (κ2) is 8.34. The van der Waals surface area contributed by atoms with E-state index in [0.29, 0.717) is 11.3 Å². The maximum Gasteiger partial charge on any atom is 0.182 e. The van der Waals surface area contributed by atoms with Gasteiger partial charge in [-0.25, -0.2) is 8.42 Å². The Morgan fingerprint density at radius 1 is 0.844 bits per heavy atom. The highest BCUT2D eigenvalue weighted by Gasteiger charge is 2.42. The van der Waals surface area contributed by atoms with Crippen LogP contribution in [0.1, 0.15) is 34.6 Å². The molecule has 0 N–H and O–H groups in total. The summed E-state index contributed by atoms with van der Waals surface area (Å²) in [5, 5.41) is 1.62. The Labute approximate surface area is 197 Å². The Bertz CT molecular complexity index is 1420. The number of benzene rings is 4. The van der Waals surface area contributed by atoms with Crippen LogP contribution in [0.3, 0.4) is 0 Å². The van der Waals surface area contributed by atoms with Crippen molar-refractivity contribution in [3.05, 3.63) is 118 Å². The molecule has 0 saturated carbocycles. The van der Waals surface area contributed by atoms with Gasteiger partial charge in [-0.3, -0.25) is 0 Å². The molecule has 2 atom stereocenters. The Morgan fingerprint density at radius 3 is 2.25 bits per heavy atom. The van der Waals surface area contributed by atoms with E-state index in [1.54, 1.807) is 12.1 Å². The molecule has 160 valence electrons. The molecule has 4 aromatic rings. The molecule has 4 heteroatoms. The Balaban J connectivity index is 1.82. The minimum atomic E-state index is -3.59. The number of aryl methyl sites for hydroxylation is 1. The summed E-state index contributed by atoms with van der Waals surface area (Å²) in [6.45, 7) is 1.97. The number of sulfone groups is 1. The topological polar surface area (TPSA) is 34.1 Å². The molecule has 32 heavy (non-hydrogen) atoms. The zero-order valence-corrected chi connectivity index (χ0v) is 20.1. The second-order valence-corrected chi connectivity index (χ2v) is 11.0. The molecule has 0 unspecified atom stereocenters. The fourth-order valence-electron chi connectivity index (χ4n) is 4.88. The summed E-state index contributed by atoms with van der Waals surface area (Å²) >= 11 is 3.52. The van der Waals surface area contributed by atoms with Gasteiger partial charge in [-0.15, -0.1) is 0 Å². The van der Waals surface area contributed by atoms with E-state index in [2.05, 4.69) is 52.3 Å². The van der Waals surface area contributed by atoms with Gasteiger partial charge in [0.15, 0.2) is 9.84 Å². The molecular weight excluding hydrogens is 480 g/mol. The fraction of sp³-hybridized carbons (Fsp3) is 0.143. The fourth-order valence-corrected chi connectivity index (χ4v) is 7.23. The van der Waals surface area contributed by atoms with Gasteiger partial charge in [0.1, 0.15) is 0 Å². The first kappa shape index (κ1) is 21.2. The molecule has 0 bridgehead atoms. The molecule has 0 spiro atoms. The lowest BCUT2D eigenvalue weighted by Gasteiger charge is -2.36. The molecule has 0 amide bonds. The molecule has 2 nitrogen and oxygen atoms in total. The Kier molecular flexibility index (Phi) is 5.52. The molecule has 1 aliphatic rings. The summed E-state index contributed by atoms with van der Waals surface area (Å²) in [6, 6.07) is 29.8.